The number of sulfone groups is 1. The molecule has 0 bridgehead atoms. The molecule has 0 saturated carbocycles. The van der Waals surface area contributed by atoms with Gasteiger partial charge in [-0.05, 0) is 43.9 Å². The van der Waals surface area contributed by atoms with Gasteiger partial charge in [-0.15, -0.1) is 0 Å². The number of carbonyl (C=O) groups excluding carboxylic acids is 1. The minimum absolute atomic E-state index is 0.00588. The van der Waals surface area contributed by atoms with Crippen molar-refractivity contribution in [3.05, 3.63) is 35.4 Å². The molecular weight excluding hydrogens is 312 g/mol. The normalized spacial score (nSPS) is 21.6. The van der Waals surface area contributed by atoms with Gasteiger partial charge in [-0.25, -0.2) is 8.42 Å². The summed E-state index contributed by atoms with van der Waals surface area (Å²) in [6.07, 6.45) is 2.49. The number of amides is 1. The molecule has 6 heteroatoms. The van der Waals surface area contributed by atoms with E-state index in [-0.39, 0.29) is 23.7 Å². The summed E-state index contributed by atoms with van der Waals surface area (Å²) in [5.74, 6) is 0.443. The molecule has 128 valence electrons. The highest BCUT2D eigenvalue weighted by molar-refractivity contribution is 7.91. The van der Waals surface area contributed by atoms with E-state index in [9.17, 15) is 13.2 Å². The Hall–Kier alpha value is -1.40. The summed E-state index contributed by atoms with van der Waals surface area (Å²) in [6.45, 7) is 4.58. The van der Waals surface area contributed by atoms with E-state index in [1.807, 2.05) is 32.0 Å². The number of hydrogen-bond acceptors (Lipinski definition) is 4. The van der Waals surface area contributed by atoms with Crippen LogP contribution >= 0.6 is 0 Å². The Morgan fingerprint density at radius 2 is 2.17 bits per heavy atom. The maximum absolute atomic E-state index is 12.1. The molecule has 1 fully saturated rings. The highest BCUT2D eigenvalue weighted by Crippen LogP contribution is 2.13. The summed E-state index contributed by atoms with van der Waals surface area (Å²) < 4.78 is 23.3. The summed E-state index contributed by atoms with van der Waals surface area (Å²) in [5, 5.41) is 6.25. The average molecular weight is 338 g/mol. The minimum Gasteiger partial charge on any atom is -0.350 e. The second-order valence-corrected chi connectivity index (χ2v) is 8.55. The van der Waals surface area contributed by atoms with Crippen molar-refractivity contribution in [1.82, 2.24) is 10.6 Å². The maximum atomic E-state index is 12.1. The van der Waals surface area contributed by atoms with Gasteiger partial charge in [0.25, 0.3) is 5.91 Å². The molecule has 2 N–H and O–H groups in total. The standard InChI is InChI=1S/C17H26N2O3S/c1-3-13(2)19-17(20)15-7-4-6-14(10-15)11-18-16-8-5-9-23(21,22)12-16/h4,6-7,10,13,16,18H,3,5,8-9,11-12H2,1-2H3,(H,19,20)/t13-,16-/m1/s1. The lowest BCUT2D eigenvalue weighted by atomic mass is 10.1. The lowest BCUT2D eigenvalue weighted by Gasteiger charge is -2.23. The highest BCUT2D eigenvalue weighted by Gasteiger charge is 2.24. The third-order valence-corrected chi connectivity index (χ3v) is 6.06. The number of benzene rings is 1. The van der Waals surface area contributed by atoms with E-state index in [4.69, 9.17) is 0 Å². The number of nitrogens with one attached hydrogen (secondary N) is 2. The van der Waals surface area contributed by atoms with Crippen LogP contribution in [0, 0.1) is 0 Å². The Morgan fingerprint density at radius 3 is 2.87 bits per heavy atom. The second kappa shape index (κ2) is 7.93. The smallest absolute Gasteiger partial charge is 0.251 e. The van der Waals surface area contributed by atoms with Crippen LogP contribution in [0.15, 0.2) is 24.3 Å². The van der Waals surface area contributed by atoms with Crippen molar-refractivity contribution in [2.45, 2.75) is 51.7 Å². The van der Waals surface area contributed by atoms with E-state index in [0.717, 1.165) is 24.8 Å². The molecule has 0 unspecified atom stereocenters. The number of rotatable bonds is 6. The molecule has 1 amide bonds. The summed E-state index contributed by atoms with van der Waals surface area (Å²) in [5.41, 5.74) is 1.63. The van der Waals surface area contributed by atoms with Crippen LogP contribution in [0.3, 0.4) is 0 Å². The summed E-state index contributed by atoms with van der Waals surface area (Å²) in [4.78, 5) is 12.1. The molecule has 1 heterocycles. The fourth-order valence-corrected chi connectivity index (χ4v) is 4.35. The summed E-state index contributed by atoms with van der Waals surface area (Å²) >= 11 is 0. The molecular formula is C17H26N2O3S. The van der Waals surface area contributed by atoms with E-state index >= 15 is 0 Å². The third-order valence-electron chi connectivity index (χ3n) is 4.24. The van der Waals surface area contributed by atoms with Crippen molar-refractivity contribution in [2.75, 3.05) is 11.5 Å². The number of carbonyl (C=O) groups is 1. The lowest BCUT2D eigenvalue weighted by molar-refractivity contribution is 0.0939. The quantitative estimate of drug-likeness (QED) is 0.830. The van der Waals surface area contributed by atoms with E-state index in [0.29, 0.717) is 17.9 Å². The third kappa shape index (κ3) is 5.62. The topological polar surface area (TPSA) is 75.3 Å². The molecule has 0 aromatic heterocycles. The number of hydrogen-bond donors (Lipinski definition) is 2. The van der Waals surface area contributed by atoms with Crippen LogP contribution in [0.25, 0.3) is 0 Å². The molecule has 5 nitrogen and oxygen atoms in total. The molecule has 0 aliphatic carbocycles. The Labute approximate surface area is 138 Å². The molecule has 1 saturated heterocycles. The Balaban J connectivity index is 1.93. The van der Waals surface area contributed by atoms with Crippen molar-refractivity contribution >= 4 is 15.7 Å². The molecule has 23 heavy (non-hydrogen) atoms. The predicted octanol–water partition coefficient (Wildman–Crippen LogP) is 1.88. The molecule has 2 atom stereocenters. The van der Waals surface area contributed by atoms with Crippen molar-refractivity contribution in [3.63, 3.8) is 0 Å². The largest absolute Gasteiger partial charge is 0.350 e. The molecule has 1 aliphatic rings. The zero-order chi connectivity index (χ0) is 16.9. The summed E-state index contributed by atoms with van der Waals surface area (Å²) in [7, 11) is -2.90. The van der Waals surface area contributed by atoms with Crippen LogP contribution < -0.4 is 10.6 Å². The van der Waals surface area contributed by atoms with E-state index in [1.54, 1.807) is 6.07 Å². The fourth-order valence-electron chi connectivity index (χ4n) is 2.68. The fraction of sp³-hybridized carbons (Fsp3) is 0.588. The monoisotopic (exact) mass is 338 g/mol. The van der Waals surface area contributed by atoms with Crippen molar-refractivity contribution in [3.8, 4) is 0 Å². The first kappa shape index (κ1) is 17.9. The van der Waals surface area contributed by atoms with Crippen LogP contribution in [0.4, 0.5) is 0 Å². The Kier molecular flexibility index (Phi) is 6.18. The SMILES string of the molecule is CC[C@@H](C)NC(=O)c1cccc(CN[C@@H]2CCCS(=O)(=O)C2)c1. The van der Waals surface area contributed by atoms with Crippen molar-refractivity contribution in [2.24, 2.45) is 0 Å². The molecule has 1 aromatic rings. The first-order valence-electron chi connectivity index (χ1n) is 8.23. The van der Waals surface area contributed by atoms with Gasteiger partial charge in [0, 0.05) is 24.2 Å². The van der Waals surface area contributed by atoms with Crippen LogP contribution in [0.5, 0.6) is 0 Å². The lowest BCUT2D eigenvalue weighted by Crippen LogP contribution is -2.39. The van der Waals surface area contributed by atoms with E-state index in [2.05, 4.69) is 10.6 Å². The van der Waals surface area contributed by atoms with Crippen LogP contribution in [0.1, 0.15) is 49.0 Å². The molecule has 0 spiro atoms. The van der Waals surface area contributed by atoms with Gasteiger partial charge in [0.2, 0.25) is 0 Å². The van der Waals surface area contributed by atoms with Gasteiger partial charge in [-0.3, -0.25) is 4.79 Å². The van der Waals surface area contributed by atoms with Gasteiger partial charge in [0.05, 0.1) is 11.5 Å². The molecule has 2 rings (SSSR count). The first-order chi connectivity index (χ1) is 10.9. The van der Waals surface area contributed by atoms with Gasteiger partial charge in [-0.2, -0.15) is 0 Å². The molecule has 1 aliphatic heterocycles. The van der Waals surface area contributed by atoms with Crippen LogP contribution in [-0.2, 0) is 16.4 Å². The van der Waals surface area contributed by atoms with Gasteiger partial charge < -0.3 is 10.6 Å². The van der Waals surface area contributed by atoms with E-state index in [1.165, 1.54) is 0 Å². The zero-order valence-electron chi connectivity index (χ0n) is 13.8. The van der Waals surface area contributed by atoms with Gasteiger partial charge >= 0.3 is 0 Å². The zero-order valence-corrected chi connectivity index (χ0v) is 14.7. The Bertz CT molecular complexity index is 643. The average Bonchev–Trinajstić information content (AvgIpc) is 2.52. The second-order valence-electron chi connectivity index (χ2n) is 6.32. The van der Waals surface area contributed by atoms with E-state index < -0.39 is 9.84 Å². The molecule has 0 radical (unpaired) electrons. The van der Waals surface area contributed by atoms with Crippen molar-refractivity contribution < 1.29 is 13.2 Å². The van der Waals surface area contributed by atoms with Crippen LogP contribution in [-0.4, -0.2) is 37.9 Å². The van der Waals surface area contributed by atoms with Gasteiger partial charge in [0.1, 0.15) is 0 Å². The van der Waals surface area contributed by atoms with Crippen molar-refractivity contribution in [1.29, 1.82) is 0 Å². The van der Waals surface area contributed by atoms with Gasteiger partial charge in [-0.1, -0.05) is 19.1 Å². The minimum atomic E-state index is -2.90. The maximum Gasteiger partial charge on any atom is 0.251 e. The highest BCUT2D eigenvalue weighted by atomic mass is 32.2. The van der Waals surface area contributed by atoms with Gasteiger partial charge in [0.15, 0.2) is 9.84 Å². The predicted molar refractivity (Wildman–Crippen MR) is 92.2 cm³/mol. The summed E-state index contributed by atoms with van der Waals surface area (Å²) in [6, 6.07) is 7.63. The molecule has 1 aromatic carbocycles. The first-order valence-corrected chi connectivity index (χ1v) is 10.1. The van der Waals surface area contributed by atoms with Crippen LogP contribution in [0.2, 0.25) is 0 Å². The Morgan fingerprint density at radius 1 is 1.39 bits per heavy atom.